The van der Waals surface area contributed by atoms with Crippen molar-refractivity contribution < 1.29 is 34.0 Å². The first-order valence-corrected chi connectivity index (χ1v) is 13.6. The zero-order valence-electron chi connectivity index (χ0n) is 22.0. The van der Waals surface area contributed by atoms with Gasteiger partial charge in [-0.2, -0.15) is 0 Å². The number of hydrogen-bond acceptors (Lipinski definition) is 7. The molecule has 0 aromatic rings. The number of rotatable bonds is 2. The molecular weight excluding hydrogens is 472 g/mol. The molecule has 1 saturated heterocycles. The van der Waals surface area contributed by atoms with Gasteiger partial charge in [0.15, 0.2) is 0 Å². The molecule has 3 unspecified atom stereocenters. The van der Waals surface area contributed by atoms with Crippen molar-refractivity contribution in [2.24, 2.45) is 5.92 Å². The standard InChI is InChI=1S/C30H42O7/c1-19-12-13-34-23(15-19)10-11-26-27-18-28(36-26)30(33)25(31)17-21(3)14-20(2)16-24-8-4-6-22(35-24)7-5-9-29(32)37-27/h4-6,9-12,20,22-28,30-31,33H,3,7-8,13-18H2,1-2H3/b9-5-,11-10+/t20-,22-,23+,24-,25-,26?,27?,28?,30-/m0/s1. The first-order chi connectivity index (χ1) is 17.8. The second kappa shape index (κ2) is 13.2. The number of carbonyl (C=O) groups is 1. The van der Waals surface area contributed by atoms with Crippen LogP contribution >= 0.6 is 0 Å². The van der Waals surface area contributed by atoms with Gasteiger partial charge >= 0.3 is 5.97 Å². The molecule has 2 N–H and O–H groups in total. The van der Waals surface area contributed by atoms with Gasteiger partial charge in [-0.3, -0.25) is 0 Å². The Morgan fingerprint density at radius 2 is 1.86 bits per heavy atom. The first-order valence-electron chi connectivity index (χ1n) is 13.6. The Morgan fingerprint density at radius 3 is 2.68 bits per heavy atom. The summed E-state index contributed by atoms with van der Waals surface area (Å²) in [6.07, 6.45) is 13.7. The number of aliphatic hydroxyl groups is 2. The minimum absolute atomic E-state index is 0.0723. The van der Waals surface area contributed by atoms with Crippen molar-refractivity contribution in [2.75, 3.05) is 6.61 Å². The molecule has 9 atom stereocenters. The molecule has 4 heterocycles. The van der Waals surface area contributed by atoms with Crippen LogP contribution in [-0.2, 0) is 23.7 Å². The van der Waals surface area contributed by atoms with Crippen LogP contribution < -0.4 is 0 Å². The number of fused-ring (bicyclic) bond motifs is 4. The normalized spacial score (nSPS) is 41.1. The van der Waals surface area contributed by atoms with E-state index in [4.69, 9.17) is 18.9 Å². The Labute approximate surface area is 220 Å². The molecule has 4 aliphatic heterocycles. The lowest BCUT2D eigenvalue weighted by Gasteiger charge is -2.28. The Kier molecular flexibility index (Phi) is 9.96. The van der Waals surface area contributed by atoms with Gasteiger partial charge in [0.25, 0.3) is 0 Å². The molecule has 0 aromatic heterocycles. The van der Waals surface area contributed by atoms with Crippen molar-refractivity contribution in [1.29, 1.82) is 0 Å². The molecule has 0 aromatic carbocycles. The molecule has 4 bridgehead atoms. The predicted molar refractivity (Wildman–Crippen MR) is 141 cm³/mol. The van der Waals surface area contributed by atoms with E-state index in [0.717, 1.165) is 31.3 Å². The Bertz CT molecular complexity index is 919. The summed E-state index contributed by atoms with van der Waals surface area (Å²) in [7, 11) is 0. The molecule has 4 aliphatic rings. The summed E-state index contributed by atoms with van der Waals surface area (Å²) in [6, 6.07) is 0. The number of carbonyl (C=O) groups excluding carboxylic acids is 1. The number of hydrogen-bond donors (Lipinski definition) is 2. The minimum atomic E-state index is -1.12. The van der Waals surface area contributed by atoms with Crippen molar-refractivity contribution in [3.8, 4) is 0 Å². The fraction of sp³-hybridized carbons (Fsp3) is 0.633. The van der Waals surface area contributed by atoms with Crippen LogP contribution in [-0.4, -0.2) is 71.6 Å². The van der Waals surface area contributed by atoms with Gasteiger partial charge in [-0.25, -0.2) is 4.79 Å². The zero-order valence-corrected chi connectivity index (χ0v) is 22.0. The highest BCUT2D eigenvalue weighted by Crippen LogP contribution is 2.31. The fourth-order valence-electron chi connectivity index (χ4n) is 5.62. The SMILES string of the molecule is C=C1C[C@H](C)C[C@@H]2CC=C[C@@H](C/C=C\C(=O)OC3CC(OC3/C=C/[C@@H]3CC(C)=CCO3)[C@@H](O)[C@@H](O)C1)O2. The highest BCUT2D eigenvalue weighted by Gasteiger charge is 2.42. The Hall–Kier alpha value is -2.03. The molecular formula is C30H42O7. The maximum absolute atomic E-state index is 12.7. The third kappa shape index (κ3) is 8.23. The van der Waals surface area contributed by atoms with Crippen molar-refractivity contribution >= 4 is 5.97 Å². The van der Waals surface area contributed by atoms with E-state index in [2.05, 4.69) is 32.6 Å². The second-order valence-corrected chi connectivity index (χ2v) is 11.0. The number of esters is 1. The van der Waals surface area contributed by atoms with Crippen molar-refractivity contribution in [3.63, 3.8) is 0 Å². The Balaban J connectivity index is 1.49. The van der Waals surface area contributed by atoms with Crippen LogP contribution in [0.5, 0.6) is 0 Å². The molecule has 0 spiro atoms. The largest absolute Gasteiger partial charge is 0.456 e. The lowest BCUT2D eigenvalue weighted by molar-refractivity contribution is -0.144. The fourth-order valence-corrected chi connectivity index (χ4v) is 5.62. The van der Waals surface area contributed by atoms with E-state index in [1.807, 2.05) is 18.2 Å². The van der Waals surface area contributed by atoms with Gasteiger partial charge in [-0.1, -0.05) is 61.1 Å². The highest BCUT2D eigenvalue weighted by molar-refractivity contribution is 5.82. The van der Waals surface area contributed by atoms with E-state index in [0.29, 0.717) is 18.9 Å². The number of aliphatic hydroxyl groups excluding tert-OH is 2. The second-order valence-electron chi connectivity index (χ2n) is 11.0. The van der Waals surface area contributed by atoms with Gasteiger partial charge in [0.2, 0.25) is 0 Å². The zero-order chi connectivity index (χ0) is 26.4. The highest BCUT2D eigenvalue weighted by atomic mass is 16.6. The molecule has 7 heteroatoms. The van der Waals surface area contributed by atoms with E-state index < -0.39 is 36.5 Å². The molecule has 204 valence electrons. The first kappa shape index (κ1) is 28.0. The number of ether oxygens (including phenoxy) is 4. The summed E-state index contributed by atoms with van der Waals surface area (Å²) in [4.78, 5) is 12.7. The Morgan fingerprint density at radius 1 is 1.03 bits per heavy atom. The van der Waals surface area contributed by atoms with Crippen LogP contribution in [0.1, 0.15) is 58.8 Å². The lowest BCUT2D eigenvalue weighted by atomic mass is 9.90. The monoisotopic (exact) mass is 514 g/mol. The van der Waals surface area contributed by atoms with Crippen molar-refractivity contribution in [1.82, 2.24) is 0 Å². The van der Waals surface area contributed by atoms with Crippen molar-refractivity contribution in [2.45, 2.75) is 108 Å². The average Bonchev–Trinajstić information content (AvgIpc) is 3.24. The van der Waals surface area contributed by atoms with E-state index >= 15 is 0 Å². The quantitative estimate of drug-likeness (QED) is 0.423. The molecule has 0 radical (unpaired) electrons. The smallest absolute Gasteiger partial charge is 0.330 e. The van der Waals surface area contributed by atoms with Crippen LogP contribution in [0.4, 0.5) is 0 Å². The third-order valence-corrected chi connectivity index (χ3v) is 7.53. The van der Waals surface area contributed by atoms with Gasteiger partial charge in [-0.15, -0.1) is 0 Å². The molecule has 0 amide bonds. The van der Waals surface area contributed by atoms with Crippen LogP contribution in [0.3, 0.4) is 0 Å². The van der Waals surface area contributed by atoms with Gasteiger partial charge in [-0.05, 0) is 51.4 Å². The third-order valence-electron chi connectivity index (χ3n) is 7.53. The van der Waals surface area contributed by atoms with Gasteiger partial charge in [0.05, 0.1) is 37.1 Å². The molecule has 4 rings (SSSR count). The van der Waals surface area contributed by atoms with E-state index in [9.17, 15) is 15.0 Å². The lowest BCUT2D eigenvalue weighted by Crippen LogP contribution is -2.37. The molecule has 1 fully saturated rings. The molecule has 7 nitrogen and oxygen atoms in total. The summed E-state index contributed by atoms with van der Waals surface area (Å²) >= 11 is 0. The minimum Gasteiger partial charge on any atom is -0.456 e. The summed E-state index contributed by atoms with van der Waals surface area (Å²) in [5.41, 5.74) is 2.15. The summed E-state index contributed by atoms with van der Waals surface area (Å²) in [6.45, 7) is 8.95. The summed E-state index contributed by atoms with van der Waals surface area (Å²) < 4.78 is 23.9. The van der Waals surface area contributed by atoms with E-state index in [-0.39, 0.29) is 31.2 Å². The van der Waals surface area contributed by atoms with E-state index in [1.54, 1.807) is 6.08 Å². The van der Waals surface area contributed by atoms with Crippen LogP contribution in [0.2, 0.25) is 0 Å². The maximum Gasteiger partial charge on any atom is 0.330 e. The maximum atomic E-state index is 12.7. The van der Waals surface area contributed by atoms with Gasteiger partial charge < -0.3 is 29.2 Å². The van der Waals surface area contributed by atoms with Crippen LogP contribution in [0.15, 0.2) is 60.3 Å². The molecule has 0 aliphatic carbocycles. The van der Waals surface area contributed by atoms with Gasteiger partial charge in [0.1, 0.15) is 18.3 Å². The topological polar surface area (TPSA) is 94.5 Å². The van der Waals surface area contributed by atoms with Crippen molar-refractivity contribution in [3.05, 3.63) is 60.3 Å². The van der Waals surface area contributed by atoms with Gasteiger partial charge in [0, 0.05) is 12.5 Å². The van der Waals surface area contributed by atoms with Crippen LogP contribution in [0, 0.1) is 5.92 Å². The molecule has 37 heavy (non-hydrogen) atoms. The molecule has 0 saturated carbocycles. The predicted octanol–water partition coefficient (Wildman–Crippen LogP) is 4.11. The summed E-state index contributed by atoms with van der Waals surface area (Å²) in [5, 5.41) is 21.7. The van der Waals surface area contributed by atoms with E-state index in [1.165, 1.54) is 11.6 Å². The van der Waals surface area contributed by atoms with Crippen LogP contribution in [0.25, 0.3) is 0 Å². The summed E-state index contributed by atoms with van der Waals surface area (Å²) in [5.74, 6) is -0.129. The average molecular weight is 515 g/mol.